The molecule has 0 amide bonds. The Balaban J connectivity index is 2.64. The summed E-state index contributed by atoms with van der Waals surface area (Å²) in [5.41, 5.74) is 1.31. The maximum Gasteiger partial charge on any atom is 0.133 e. The molecule has 0 saturated carbocycles. The molecule has 0 bridgehead atoms. The van der Waals surface area contributed by atoms with Crippen molar-refractivity contribution in [2.24, 2.45) is 0 Å². The van der Waals surface area contributed by atoms with E-state index < -0.39 is 0 Å². The Morgan fingerprint density at radius 2 is 1.53 bits per heavy atom. The molecule has 0 aliphatic carbocycles. The largest absolute Gasteiger partial charge is 0.206 e. The first-order chi connectivity index (χ1) is 7.36. The summed E-state index contributed by atoms with van der Waals surface area (Å²) < 4.78 is 13.6. The standard InChI is InChI=1S/C12H7FN2/c13-9-5-3-7-11-12(9)8-4-1-2-6-10(8)14-15-11/h1-7H. The monoisotopic (exact) mass is 198 g/mol. The first-order valence-electron chi connectivity index (χ1n) is 4.66. The van der Waals surface area contributed by atoms with Crippen molar-refractivity contribution >= 4 is 21.8 Å². The topological polar surface area (TPSA) is 25.8 Å². The van der Waals surface area contributed by atoms with Gasteiger partial charge >= 0.3 is 0 Å². The van der Waals surface area contributed by atoms with Crippen molar-refractivity contribution in [3.05, 3.63) is 48.3 Å². The van der Waals surface area contributed by atoms with Crippen LogP contribution in [0.25, 0.3) is 21.8 Å². The number of hydrogen-bond donors (Lipinski definition) is 0. The van der Waals surface area contributed by atoms with Crippen molar-refractivity contribution in [1.29, 1.82) is 0 Å². The molecule has 0 aliphatic heterocycles. The molecule has 72 valence electrons. The summed E-state index contributed by atoms with van der Waals surface area (Å²) in [5, 5.41) is 9.36. The van der Waals surface area contributed by atoms with Crippen LogP contribution in [0.5, 0.6) is 0 Å². The third-order valence-electron chi connectivity index (χ3n) is 2.43. The minimum absolute atomic E-state index is 0.251. The Morgan fingerprint density at radius 1 is 0.800 bits per heavy atom. The predicted molar refractivity (Wildman–Crippen MR) is 57.0 cm³/mol. The third-order valence-corrected chi connectivity index (χ3v) is 2.43. The van der Waals surface area contributed by atoms with E-state index in [2.05, 4.69) is 10.2 Å². The summed E-state index contributed by atoms with van der Waals surface area (Å²) in [4.78, 5) is 0. The molecule has 1 heterocycles. The lowest BCUT2D eigenvalue weighted by atomic mass is 10.1. The highest BCUT2D eigenvalue weighted by molar-refractivity contribution is 6.03. The second-order valence-corrected chi connectivity index (χ2v) is 3.35. The van der Waals surface area contributed by atoms with E-state index in [1.165, 1.54) is 6.07 Å². The maximum absolute atomic E-state index is 13.6. The van der Waals surface area contributed by atoms with Gasteiger partial charge in [0.2, 0.25) is 0 Å². The highest BCUT2D eigenvalue weighted by Gasteiger charge is 2.06. The summed E-state index contributed by atoms with van der Waals surface area (Å²) in [7, 11) is 0. The molecule has 0 fully saturated rings. The average Bonchev–Trinajstić information content (AvgIpc) is 2.29. The molecule has 0 N–H and O–H groups in total. The molecular formula is C12H7FN2. The molecule has 3 rings (SSSR count). The molecule has 3 heteroatoms. The molecule has 0 unspecified atom stereocenters. The van der Waals surface area contributed by atoms with Crippen LogP contribution in [-0.4, -0.2) is 10.2 Å². The molecule has 0 atom stereocenters. The smallest absolute Gasteiger partial charge is 0.133 e. The Labute approximate surface area is 85.4 Å². The number of fused-ring (bicyclic) bond motifs is 3. The highest BCUT2D eigenvalue weighted by Crippen LogP contribution is 2.23. The van der Waals surface area contributed by atoms with Crippen LogP contribution in [0.4, 0.5) is 4.39 Å². The van der Waals surface area contributed by atoms with Gasteiger partial charge in [-0.3, -0.25) is 0 Å². The molecule has 0 spiro atoms. The predicted octanol–water partition coefficient (Wildman–Crippen LogP) is 2.92. The van der Waals surface area contributed by atoms with E-state index in [0.29, 0.717) is 10.9 Å². The minimum Gasteiger partial charge on any atom is -0.206 e. The van der Waals surface area contributed by atoms with Crippen LogP contribution in [0.3, 0.4) is 0 Å². The van der Waals surface area contributed by atoms with Gasteiger partial charge in [0.15, 0.2) is 0 Å². The van der Waals surface area contributed by atoms with Crippen LogP contribution >= 0.6 is 0 Å². The van der Waals surface area contributed by atoms with Crippen LogP contribution < -0.4 is 0 Å². The molecule has 2 nitrogen and oxygen atoms in total. The van der Waals surface area contributed by atoms with Crippen LogP contribution in [0.1, 0.15) is 0 Å². The van der Waals surface area contributed by atoms with Crippen molar-refractivity contribution in [2.75, 3.05) is 0 Å². The van der Waals surface area contributed by atoms with Gasteiger partial charge < -0.3 is 0 Å². The Bertz CT molecular complexity index is 649. The van der Waals surface area contributed by atoms with Gasteiger partial charge in [0, 0.05) is 10.8 Å². The number of halogens is 1. The third kappa shape index (κ3) is 1.16. The quantitative estimate of drug-likeness (QED) is 0.519. The van der Waals surface area contributed by atoms with E-state index in [1.54, 1.807) is 12.1 Å². The number of aromatic nitrogens is 2. The summed E-state index contributed by atoms with van der Waals surface area (Å²) in [6.07, 6.45) is 0. The van der Waals surface area contributed by atoms with Crippen molar-refractivity contribution in [3.8, 4) is 0 Å². The molecule has 3 aromatic rings. The van der Waals surface area contributed by atoms with Crippen LogP contribution in [0, 0.1) is 5.82 Å². The average molecular weight is 198 g/mol. The van der Waals surface area contributed by atoms with E-state index in [1.807, 2.05) is 24.3 Å². The van der Waals surface area contributed by atoms with E-state index in [9.17, 15) is 4.39 Å². The zero-order valence-electron chi connectivity index (χ0n) is 7.81. The second kappa shape index (κ2) is 2.98. The lowest BCUT2D eigenvalue weighted by Crippen LogP contribution is -1.89. The Kier molecular flexibility index (Phi) is 1.65. The summed E-state index contributed by atoms with van der Waals surface area (Å²) in [5.74, 6) is -0.251. The molecule has 1 aromatic heterocycles. The van der Waals surface area contributed by atoms with Crippen molar-refractivity contribution < 1.29 is 4.39 Å². The van der Waals surface area contributed by atoms with E-state index in [4.69, 9.17) is 0 Å². The molecule has 0 aliphatic rings. The van der Waals surface area contributed by atoms with Gasteiger partial charge in [-0.1, -0.05) is 24.3 Å². The minimum atomic E-state index is -0.251. The molecule has 0 radical (unpaired) electrons. The lowest BCUT2D eigenvalue weighted by Gasteiger charge is -2.01. The van der Waals surface area contributed by atoms with Crippen LogP contribution in [0.2, 0.25) is 0 Å². The SMILES string of the molecule is Fc1cccc2nnc3ccccc3c12. The Hall–Kier alpha value is -2.03. The van der Waals surface area contributed by atoms with E-state index in [-0.39, 0.29) is 5.82 Å². The first kappa shape index (κ1) is 8.29. The molecular weight excluding hydrogens is 191 g/mol. The first-order valence-corrected chi connectivity index (χ1v) is 4.66. The maximum atomic E-state index is 13.6. The Morgan fingerprint density at radius 3 is 2.47 bits per heavy atom. The van der Waals surface area contributed by atoms with Gasteiger partial charge in [-0.2, -0.15) is 0 Å². The van der Waals surface area contributed by atoms with Gasteiger partial charge in [-0.15, -0.1) is 10.2 Å². The molecule has 0 saturated heterocycles. The van der Waals surface area contributed by atoms with Gasteiger partial charge in [0.05, 0.1) is 11.0 Å². The number of benzene rings is 2. The second-order valence-electron chi connectivity index (χ2n) is 3.35. The summed E-state index contributed by atoms with van der Waals surface area (Å²) in [6, 6.07) is 12.3. The van der Waals surface area contributed by atoms with Crippen molar-refractivity contribution in [3.63, 3.8) is 0 Å². The lowest BCUT2D eigenvalue weighted by molar-refractivity contribution is 0.640. The zero-order chi connectivity index (χ0) is 10.3. The van der Waals surface area contributed by atoms with Gasteiger partial charge in [0.1, 0.15) is 5.82 Å². The fraction of sp³-hybridized carbons (Fsp3) is 0. The number of nitrogens with zero attached hydrogens (tertiary/aromatic N) is 2. The summed E-state index contributed by atoms with van der Waals surface area (Å²) >= 11 is 0. The summed E-state index contributed by atoms with van der Waals surface area (Å²) in [6.45, 7) is 0. The van der Waals surface area contributed by atoms with Gasteiger partial charge in [0.25, 0.3) is 0 Å². The molecule has 15 heavy (non-hydrogen) atoms. The van der Waals surface area contributed by atoms with Gasteiger partial charge in [-0.25, -0.2) is 4.39 Å². The molecule has 2 aromatic carbocycles. The zero-order valence-corrected chi connectivity index (χ0v) is 7.81. The fourth-order valence-electron chi connectivity index (χ4n) is 1.74. The normalized spacial score (nSPS) is 11.0. The van der Waals surface area contributed by atoms with Crippen molar-refractivity contribution in [2.45, 2.75) is 0 Å². The van der Waals surface area contributed by atoms with Crippen LogP contribution in [-0.2, 0) is 0 Å². The number of rotatable bonds is 0. The highest BCUT2D eigenvalue weighted by atomic mass is 19.1. The number of hydrogen-bond acceptors (Lipinski definition) is 2. The van der Waals surface area contributed by atoms with Crippen molar-refractivity contribution in [1.82, 2.24) is 10.2 Å². The van der Waals surface area contributed by atoms with E-state index >= 15 is 0 Å². The van der Waals surface area contributed by atoms with Gasteiger partial charge in [-0.05, 0) is 18.2 Å². The van der Waals surface area contributed by atoms with E-state index in [0.717, 1.165) is 10.9 Å². The fourth-order valence-corrected chi connectivity index (χ4v) is 1.74. The van der Waals surface area contributed by atoms with Crippen LogP contribution in [0.15, 0.2) is 42.5 Å².